The van der Waals surface area contributed by atoms with Crippen LogP contribution in [0.25, 0.3) is 0 Å². The molecule has 0 aliphatic heterocycles. The number of rotatable bonds is 3. The molecule has 8 nitrogen and oxygen atoms in total. The molecule has 20 heavy (non-hydrogen) atoms. The summed E-state index contributed by atoms with van der Waals surface area (Å²) in [6.45, 7) is 0. The average Bonchev–Trinajstić information content (AvgIpc) is 2.80. The fraction of sp³-hybridized carbons (Fsp3) is 0.0909. The van der Waals surface area contributed by atoms with Crippen molar-refractivity contribution in [2.75, 3.05) is 5.32 Å². The molecule has 0 radical (unpaired) electrons. The minimum atomic E-state index is -0.461. The molecule has 0 aromatic carbocycles. The number of carbonyl (C=O) groups excluding carboxylic acids is 1. The first kappa shape index (κ1) is 13.8. The van der Waals surface area contributed by atoms with Gasteiger partial charge in [-0.05, 0) is 12.1 Å². The minimum absolute atomic E-state index is 0.155. The SMILES string of the molecule is Cn1ncc(C(N)=NO)c1NC(=O)c1ccc(Cl)cn1. The quantitative estimate of drug-likeness (QED) is 0.335. The Labute approximate surface area is 118 Å². The number of nitrogens with zero attached hydrogens (tertiary/aromatic N) is 4. The number of nitrogens with two attached hydrogens (primary N) is 1. The molecule has 2 rings (SSSR count). The molecule has 0 aliphatic rings. The first-order valence-corrected chi connectivity index (χ1v) is 5.83. The highest BCUT2D eigenvalue weighted by Crippen LogP contribution is 2.15. The standard InChI is InChI=1S/C11H11ClN6O2/c1-18-10(7(5-15-18)9(13)17-20)16-11(19)8-3-2-6(12)4-14-8/h2-5,20H,1H3,(H2,13,17)(H,16,19). The molecule has 1 amide bonds. The third-order valence-corrected chi connectivity index (χ3v) is 2.74. The summed E-state index contributed by atoms with van der Waals surface area (Å²) >= 11 is 5.70. The van der Waals surface area contributed by atoms with Crippen molar-refractivity contribution in [2.45, 2.75) is 0 Å². The summed E-state index contributed by atoms with van der Waals surface area (Å²) in [5.74, 6) is -0.322. The van der Waals surface area contributed by atoms with Gasteiger partial charge in [0.2, 0.25) is 0 Å². The predicted molar refractivity (Wildman–Crippen MR) is 72.9 cm³/mol. The van der Waals surface area contributed by atoms with E-state index in [-0.39, 0.29) is 11.5 Å². The van der Waals surface area contributed by atoms with Crippen LogP contribution in [0.5, 0.6) is 0 Å². The second-order valence-electron chi connectivity index (χ2n) is 3.83. The molecule has 2 aromatic rings. The normalized spacial score (nSPS) is 11.4. The summed E-state index contributed by atoms with van der Waals surface area (Å²) in [7, 11) is 1.61. The zero-order valence-electron chi connectivity index (χ0n) is 10.4. The zero-order valence-corrected chi connectivity index (χ0v) is 11.2. The third-order valence-electron chi connectivity index (χ3n) is 2.51. The third kappa shape index (κ3) is 2.69. The molecule has 0 bridgehead atoms. The lowest BCUT2D eigenvalue weighted by molar-refractivity contribution is 0.102. The summed E-state index contributed by atoms with van der Waals surface area (Å²) in [5, 5.41) is 18.5. The fourth-order valence-corrected chi connectivity index (χ4v) is 1.62. The smallest absolute Gasteiger partial charge is 0.275 e. The molecule has 0 saturated heterocycles. The molecule has 0 atom stereocenters. The second kappa shape index (κ2) is 5.57. The lowest BCUT2D eigenvalue weighted by atomic mass is 10.3. The van der Waals surface area contributed by atoms with Crippen LogP contribution in [0.1, 0.15) is 16.1 Å². The highest BCUT2D eigenvalue weighted by Gasteiger charge is 2.16. The van der Waals surface area contributed by atoms with Gasteiger partial charge in [-0.25, -0.2) is 4.98 Å². The highest BCUT2D eigenvalue weighted by molar-refractivity contribution is 6.30. The Hall–Kier alpha value is -2.61. The van der Waals surface area contributed by atoms with Crippen molar-refractivity contribution in [1.29, 1.82) is 0 Å². The van der Waals surface area contributed by atoms with Gasteiger partial charge >= 0.3 is 0 Å². The molecule has 104 valence electrons. The molecule has 4 N–H and O–H groups in total. The Kier molecular flexibility index (Phi) is 3.85. The van der Waals surface area contributed by atoms with Crippen molar-refractivity contribution in [3.05, 3.63) is 40.8 Å². The maximum atomic E-state index is 12.0. The first-order valence-electron chi connectivity index (χ1n) is 5.45. The van der Waals surface area contributed by atoms with Crippen molar-refractivity contribution >= 4 is 29.2 Å². The molecule has 0 aliphatic carbocycles. The summed E-state index contributed by atoms with van der Waals surface area (Å²) < 4.78 is 1.39. The molecule has 9 heteroatoms. The van der Waals surface area contributed by atoms with E-state index in [0.717, 1.165) is 0 Å². The van der Waals surface area contributed by atoms with Crippen LogP contribution in [0, 0.1) is 0 Å². The Balaban J connectivity index is 2.28. The van der Waals surface area contributed by atoms with Crippen molar-refractivity contribution in [2.24, 2.45) is 17.9 Å². The van der Waals surface area contributed by atoms with Gasteiger partial charge in [0.05, 0.1) is 16.8 Å². The molecule has 0 unspecified atom stereocenters. The van der Waals surface area contributed by atoms with Gasteiger partial charge in [0.15, 0.2) is 5.84 Å². The van der Waals surface area contributed by atoms with Crippen LogP contribution in [0.15, 0.2) is 29.7 Å². The Bertz CT molecular complexity index is 664. The van der Waals surface area contributed by atoms with Gasteiger partial charge < -0.3 is 16.3 Å². The lowest BCUT2D eigenvalue weighted by Crippen LogP contribution is -2.20. The number of aromatic nitrogens is 3. The summed E-state index contributed by atoms with van der Waals surface area (Å²) in [6, 6.07) is 3.04. The van der Waals surface area contributed by atoms with Crippen LogP contribution in [-0.4, -0.2) is 31.7 Å². The maximum absolute atomic E-state index is 12.0. The molecular weight excluding hydrogens is 284 g/mol. The largest absolute Gasteiger partial charge is 0.409 e. The molecular formula is C11H11ClN6O2. The number of hydrogen-bond acceptors (Lipinski definition) is 5. The molecule has 0 fully saturated rings. The molecule has 2 heterocycles. The number of amides is 1. The predicted octanol–water partition coefficient (Wildman–Crippen LogP) is 0.815. The number of halogens is 1. The summed E-state index contributed by atoms with van der Waals surface area (Å²) in [5.41, 5.74) is 5.99. The van der Waals surface area contributed by atoms with E-state index >= 15 is 0 Å². The van der Waals surface area contributed by atoms with E-state index < -0.39 is 5.91 Å². The Morgan fingerprint density at radius 1 is 1.50 bits per heavy atom. The highest BCUT2D eigenvalue weighted by atomic mass is 35.5. The number of amidine groups is 1. The number of carbonyl (C=O) groups is 1. The number of pyridine rings is 1. The van der Waals surface area contributed by atoms with Crippen LogP contribution in [-0.2, 0) is 7.05 Å². The van der Waals surface area contributed by atoms with E-state index in [1.807, 2.05) is 0 Å². The lowest BCUT2D eigenvalue weighted by Gasteiger charge is -2.07. The first-order chi connectivity index (χ1) is 9.52. The number of aryl methyl sites for hydroxylation is 1. The van der Waals surface area contributed by atoms with Gasteiger partial charge in [0.25, 0.3) is 5.91 Å². The van der Waals surface area contributed by atoms with Crippen molar-refractivity contribution < 1.29 is 10.0 Å². The van der Waals surface area contributed by atoms with Gasteiger partial charge in [-0.2, -0.15) is 5.10 Å². The van der Waals surface area contributed by atoms with Gasteiger partial charge in [0, 0.05) is 13.2 Å². The van der Waals surface area contributed by atoms with E-state index in [9.17, 15) is 4.79 Å². The fourth-order valence-electron chi connectivity index (χ4n) is 1.51. The number of oxime groups is 1. The zero-order chi connectivity index (χ0) is 14.7. The van der Waals surface area contributed by atoms with E-state index in [4.69, 9.17) is 22.5 Å². The van der Waals surface area contributed by atoms with E-state index in [2.05, 4.69) is 20.6 Å². The molecule has 2 aromatic heterocycles. The Morgan fingerprint density at radius 3 is 2.85 bits per heavy atom. The summed E-state index contributed by atoms with van der Waals surface area (Å²) in [6.07, 6.45) is 2.74. The molecule has 0 saturated carbocycles. The van der Waals surface area contributed by atoms with Gasteiger partial charge in [-0.1, -0.05) is 16.8 Å². The minimum Gasteiger partial charge on any atom is -0.409 e. The average molecular weight is 295 g/mol. The van der Waals surface area contributed by atoms with Gasteiger partial charge in [-0.15, -0.1) is 0 Å². The maximum Gasteiger partial charge on any atom is 0.275 e. The second-order valence-corrected chi connectivity index (χ2v) is 4.27. The summed E-state index contributed by atoms with van der Waals surface area (Å²) in [4.78, 5) is 15.9. The van der Waals surface area contributed by atoms with Crippen LogP contribution < -0.4 is 11.1 Å². The van der Waals surface area contributed by atoms with Crippen LogP contribution in [0.3, 0.4) is 0 Å². The van der Waals surface area contributed by atoms with E-state index in [1.165, 1.54) is 23.1 Å². The van der Waals surface area contributed by atoms with Crippen LogP contribution in [0.4, 0.5) is 5.82 Å². The van der Waals surface area contributed by atoms with Gasteiger partial charge in [0.1, 0.15) is 11.5 Å². The van der Waals surface area contributed by atoms with Crippen molar-refractivity contribution in [1.82, 2.24) is 14.8 Å². The van der Waals surface area contributed by atoms with Crippen LogP contribution >= 0.6 is 11.6 Å². The van der Waals surface area contributed by atoms with Crippen molar-refractivity contribution in [3.8, 4) is 0 Å². The number of anilines is 1. The van der Waals surface area contributed by atoms with Crippen molar-refractivity contribution in [3.63, 3.8) is 0 Å². The molecule has 0 spiro atoms. The number of hydrogen-bond donors (Lipinski definition) is 3. The van der Waals surface area contributed by atoms with E-state index in [1.54, 1.807) is 13.1 Å². The monoisotopic (exact) mass is 294 g/mol. The van der Waals surface area contributed by atoms with Crippen LogP contribution in [0.2, 0.25) is 5.02 Å². The van der Waals surface area contributed by atoms with Gasteiger partial charge in [-0.3, -0.25) is 9.48 Å². The van der Waals surface area contributed by atoms with E-state index in [0.29, 0.717) is 16.4 Å². The topological polar surface area (TPSA) is 118 Å². The number of nitrogens with one attached hydrogen (secondary N) is 1. The Morgan fingerprint density at radius 2 is 2.25 bits per heavy atom.